The second-order valence-corrected chi connectivity index (χ2v) is 3.28. The zero-order valence-corrected chi connectivity index (χ0v) is 8.89. The summed E-state index contributed by atoms with van der Waals surface area (Å²) in [6.07, 6.45) is 0. The Hall–Kier alpha value is -1.98. The fourth-order valence-corrected chi connectivity index (χ4v) is 1.23. The van der Waals surface area contributed by atoms with Crippen molar-refractivity contribution >= 4 is 5.95 Å². The van der Waals surface area contributed by atoms with Gasteiger partial charge in [-0.1, -0.05) is 17.2 Å². The smallest absolute Gasteiger partial charge is 0.263 e. The van der Waals surface area contributed by atoms with Gasteiger partial charge in [-0.15, -0.1) is 5.10 Å². The van der Waals surface area contributed by atoms with Crippen LogP contribution >= 0.6 is 0 Å². The van der Waals surface area contributed by atoms with Crippen LogP contribution in [0.3, 0.4) is 0 Å². The molecule has 2 rings (SSSR count). The van der Waals surface area contributed by atoms with Gasteiger partial charge in [-0.25, -0.2) is 4.39 Å². The number of halogens is 1. The molecule has 0 spiro atoms. The summed E-state index contributed by atoms with van der Waals surface area (Å²) in [5.74, 6) is 0.241. The molecule has 1 N–H and O–H groups in total. The summed E-state index contributed by atoms with van der Waals surface area (Å²) in [5, 5.41) is 14.7. The third-order valence-corrected chi connectivity index (χ3v) is 2.10. The van der Waals surface area contributed by atoms with E-state index >= 15 is 0 Å². The van der Waals surface area contributed by atoms with Gasteiger partial charge in [0.25, 0.3) is 5.95 Å². The Labute approximate surface area is 92.3 Å². The van der Waals surface area contributed by atoms with E-state index in [2.05, 4.69) is 20.7 Å². The molecule has 6 heteroatoms. The number of hydrogen-bond acceptors (Lipinski definition) is 4. The maximum absolute atomic E-state index is 12.6. The fraction of sp³-hybridized carbons (Fsp3) is 0.300. The topological polar surface area (TPSA) is 55.6 Å². The molecule has 0 unspecified atom stereocenters. The van der Waals surface area contributed by atoms with Gasteiger partial charge in [0.1, 0.15) is 5.82 Å². The number of tetrazole rings is 1. The largest absolute Gasteiger partial charge is 0.348 e. The van der Waals surface area contributed by atoms with E-state index < -0.39 is 0 Å². The first kappa shape index (κ1) is 10.5. The molecule has 0 atom stereocenters. The summed E-state index contributed by atoms with van der Waals surface area (Å²) in [6, 6.07) is 6.28. The Balaban J connectivity index is 1.94. The molecule has 0 aliphatic rings. The van der Waals surface area contributed by atoms with Crippen molar-refractivity contribution in [3.8, 4) is 0 Å². The quantitative estimate of drug-likeness (QED) is 0.848. The monoisotopic (exact) mass is 221 g/mol. The molecular weight excluding hydrogens is 209 g/mol. The van der Waals surface area contributed by atoms with Crippen LogP contribution in [-0.2, 0) is 13.1 Å². The predicted octanol–water partition coefficient (Wildman–Crippen LogP) is 1.44. The fourth-order valence-electron chi connectivity index (χ4n) is 1.23. The van der Waals surface area contributed by atoms with Gasteiger partial charge in [-0.05, 0) is 29.8 Å². The van der Waals surface area contributed by atoms with Crippen LogP contribution in [0.4, 0.5) is 10.3 Å². The van der Waals surface area contributed by atoms with E-state index in [9.17, 15) is 4.39 Å². The Morgan fingerprint density at radius 3 is 2.69 bits per heavy atom. The number of nitrogens with zero attached hydrogens (tertiary/aromatic N) is 4. The molecule has 0 aliphatic heterocycles. The number of hydrogen-bond donors (Lipinski definition) is 1. The summed E-state index contributed by atoms with van der Waals surface area (Å²) in [6.45, 7) is 3.17. The van der Waals surface area contributed by atoms with Crippen LogP contribution in [-0.4, -0.2) is 20.2 Å². The van der Waals surface area contributed by atoms with Crippen molar-refractivity contribution < 1.29 is 4.39 Å². The molecule has 0 amide bonds. The van der Waals surface area contributed by atoms with Crippen LogP contribution in [0.25, 0.3) is 0 Å². The van der Waals surface area contributed by atoms with Crippen molar-refractivity contribution in [2.24, 2.45) is 0 Å². The lowest BCUT2D eigenvalue weighted by Gasteiger charge is -2.00. The van der Waals surface area contributed by atoms with E-state index in [1.807, 2.05) is 6.92 Å². The predicted molar refractivity (Wildman–Crippen MR) is 57.2 cm³/mol. The number of aromatic nitrogens is 4. The highest BCUT2D eigenvalue weighted by atomic mass is 19.1. The summed E-state index contributed by atoms with van der Waals surface area (Å²) in [5.41, 5.74) is 0.967. The van der Waals surface area contributed by atoms with E-state index in [4.69, 9.17) is 0 Å². The molecule has 0 saturated heterocycles. The summed E-state index contributed by atoms with van der Waals surface area (Å²) >= 11 is 0. The molecule has 2 aromatic rings. The van der Waals surface area contributed by atoms with Crippen LogP contribution in [0.5, 0.6) is 0 Å². The second kappa shape index (κ2) is 4.69. The number of aryl methyl sites for hydroxylation is 1. The van der Waals surface area contributed by atoms with Crippen molar-refractivity contribution in [2.75, 3.05) is 5.32 Å². The molecule has 16 heavy (non-hydrogen) atoms. The molecular formula is C10H12FN5. The second-order valence-electron chi connectivity index (χ2n) is 3.28. The lowest BCUT2D eigenvalue weighted by molar-refractivity contribution is 0.552. The average Bonchev–Trinajstić information content (AvgIpc) is 2.76. The Morgan fingerprint density at radius 2 is 2.06 bits per heavy atom. The third-order valence-electron chi connectivity index (χ3n) is 2.10. The van der Waals surface area contributed by atoms with Gasteiger partial charge in [0, 0.05) is 6.54 Å². The van der Waals surface area contributed by atoms with Gasteiger partial charge in [0.15, 0.2) is 0 Å². The first-order valence-electron chi connectivity index (χ1n) is 5.04. The zero-order valence-electron chi connectivity index (χ0n) is 8.89. The zero-order chi connectivity index (χ0) is 11.4. The maximum Gasteiger partial charge on any atom is 0.263 e. The molecule has 1 aromatic carbocycles. The van der Waals surface area contributed by atoms with Crippen molar-refractivity contribution in [3.05, 3.63) is 35.6 Å². The Morgan fingerprint density at radius 1 is 1.31 bits per heavy atom. The molecule has 0 bridgehead atoms. The van der Waals surface area contributed by atoms with E-state index in [1.165, 1.54) is 16.9 Å². The lowest BCUT2D eigenvalue weighted by Crippen LogP contribution is -2.02. The van der Waals surface area contributed by atoms with Gasteiger partial charge < -0.3 is 5.32 Å². The average molecular weight is 221 g/mol. The van der Waals surface area contributed by atoms with Gasteiger partial charge in [0.05, 0.1) is 6.54 Å². The Bertz CT molecular complexity index is 450. The van der Waals surface area contributed by atoms with Crippen molar-refractivity contribution in [1.82, 2.24) is 20.2 Å². The van der Waals surface area contributed by atoms with Crippen LogP contribution in [0.1, 0.15) is 12.5 Å². The highest BCUT2D eigenvalue weighted by molar-refractivity contribution is 5.25. The van der Waals surface area contributed by atoms with Gasteiger partial charge in [-0.3, -0.25) is 0 Å². The highest BCUT2D eigenvalue weighted by Crippen LogP contribution is 2.04. The lowest BCUT2D eigenvalue weighted by atomic mass is 10.2. The third kappa shape index (κ3) is 2.53. The molecule has 1 aromatic heterocycles. The Kier molecular flexibility index (Phi) is 3.09. The van der Waals surface area contributed by atoms with E-state index in [1.54, 1.807) is 12.1 Å². The van der Waals surface area contributed by atoms with Gasteiger partial charge in [-0.2, -0.15) is 4.80 Å². The van der Waals surface area contributed by atoms with Crippen molar-refractivity contribution in [2.45, 2.75) is 20.0 Å². The maximum atomic E-state index is 12.6. The SMILES string of the molecule is CCn1nnc(NCc2ccc(F)cc2)n1. The summed E-state index contributed by atoms with van der Waals surface area (Å²) in [4.78, 5) is 1.49. The molecule has 1 heterocycles. The first-order chi connectivity index (χ1) is 7.78. The molecule has 0 fully saturated rings. The molecule has 5 nitrogen and oxygen atoms in total. The van der Waals surface area contributed by atoms with Crippen LogP contribution in [0, 0.1) is 5.82 Å². The number of rotatable bonds is 4. The molecule has 0 radical (unpaired) electrons. The van der Waals surface area contributed by atoms with E-state index in [0.717, 1.165) is 5.56 Å². The number of benzene rings is 1. The summed E-state index contributed by atoms with van der Waals surface area (Å²) in [7, 11) is 0. The molecule has 0 aliphatic carbocycles. The van der Waals surface area contributed by atoms with Crippen LogP contribution in [0.15, 0.2) is 24.3 Å². The minimum atomic E-state index is -0.237. The van der Waals surface area contributed by atoms with Gasteiger partial charge in [0.2, 0.25) is 0 Å². The van der Waals surface area contributed by atoms with E-state index in [0.29, 0.717) is 19.0 Å². The minimum Gasteiger partial charge on any atom is -0.348 e. The number of nitrogens with one attached hydrogen (secondary N) is 1. The first-order valence-corrected chi connectivity index (χ1v) is 5.04. The molecule has 84 valence electrons. The van der Waals surface area contributed by atoms with Gasteiger partial charge >= 0.3 is 0 Å². The normalized spacial score (nSPS) is 10.4. The minimum absolute atomic E-state index is 0.237. The van der Waals surface area contributed by atoms with Crippen molar-refractivity contribution in [3.63, 3.8) is 0 Å². The summed E-state index contributed by atoms with van der Waals surface area (Å²) < 4.78 is 12.6. The van der Waals surface area contributed by atoms with E-state index in [-0.39, 0.29) is 5.82 Å². The number of anilines is 1. The standard InChI is InChI=1S/C10H12FN5/c1-2-16-14-10(13-15-16)12-7-8-3-5-9(11)6-4-8/h3-6H,2,7H2,1H3,(H,12,14). The van der Waals surface area contributed by atoms with Crippen LogP contribution in [0.2, 0.25) is 0 Å². The van der Waals surface area contributed by atoms with Crippen LogP contribution < -0.4 is 5.32 Å². The highest BCUT2D eigenvalue weighted by Gasteiger charge is 2.00. The van der Waals surface area contributed by atoms with Crippen molar-refractivity contribution in [1.29, 1.82) is 0 Å². The molecule has 0 saturated carbocycles.